The van der Waals surface area contributed by atoms with Crippen LogP contribution >= 0.6 is 0 Å². The number of hydrogen-bond acceptors (Lipinski definition) is 3. The molecule has 1 rings (SSSR count). The van der Waals surface area contributed by atoms with E-state index >= 15 is 0 Å². The fourth-order valence-corrected chi connectivity index (χ4v) is 2.81. The van der Waals surface area contributed by atoms with Crippen molar-refractivity contribution in [2.45, 2.75) is 65.0 Å². The average molecular weight is 241 g/mol. The molecular weight excluding hydrogens is 214 g/mol. The lowest BCUT2D eigenvalue weighted by atomic mass is 9.82. The lowest BCUT2D eigenvalue weighted by Gasteiger charge is -2.35. The number of esters is 1. The second kappa shape index (κ2) is 7.00. The molecule has 1 fully saturated rings. The molecule has 0 radical (unpaired) electrons. The second-order valence-corrected chi connectivity index (χ2v) is 5.47. The van der Waals surface area contributed by atoms with Gasteiger partial charge in [0.15, 0.2) is 0 Å². The van der Waals surface area contributed by atoms with Crippen LogP contribution in [-0.2, 0) is 9.53 Å². The monoisotopic (exact) mass is 241 g/mol. The summed E-state index contributed by atoms with van der Waals surface area (Å²) in [5.41, 5.74) is 0. The van der Waals surface area contributed by atoms with Crippen molar-refractivity contribution < 1.29 is 9.53 Å². The third-order valence-corrected chi connectivity index (χ3v) is 3.95. The summed E-state index contributed by atoms with van der Waals surface area (Å²) >= 11 is 0. The van der Waals surface area contributed by atoms with Crippen molar-refractivity contribution >= 4 is 5.97 Å². The van der Waals surface area contributed by atoms with E-state index in [1.807, 2.05) is 0 Å². The van der Waals surface area contributed by atoms with E-state index in [1.54, 1.807) is 0 Å². The van der Waals surface area contributed by atoms with Gasteiger partial charge in [-0.1, -0.05) is 40.0 Å². The van der Waals surface area contributed by atoms with Crippen LogP contribution < -0.4 is 5.32 Å². The van der Waals surface area contributed by atoms with E-state index in [0.717, 1.165) is 5.92 Å². The highest BCUT2D eigenvalue weighted by Crippen LogP contribution is 2.27. The van der Waals surface area contributed by atoms with E-state index in [4.69, 9.17) is 4.74 Å². The SMILES string of the molecule is CCC1CCCCC1NC(C(=O)OC)C(C)C. The van der Waals surface area contributed by atoms with Gasteiger partial charge in [0.2, 0.25) is 0 Å². The van der Waals surface area contributed by atoms with Gasteiger partial charge in [0.05, 0.1) is 7.11 Å². The standard InChI is InChI=1S/C14H27NO2/c1-5-11-8-6-7-9-12(11)15-13(10(2)3)14(16)17-4/h10-13,15H,5-9H2,1-4H3. The normalized spacial score (nSPS) is 26.9. The number of ether oxygens (including phenoxy) is 1. The Morgan fingerprint density at radius 2 is 2.00 bits per heavy atom. The van der Waals surface area contributed by atoms with Crippen LogP contribution in [0.1, 0.15) is 52.9 Å². The van der Waals surface area contributed by atoms with Crippen LogP contribution in [0.5, 0.6) is 0 Å². The maximum atomic E-state index is 11.7. The molecule has 1 saturated carbocycles. The van der Waals surface area contributed by atoms with Gasteiger partial charge in [-0.2, -0.15) is 0 Å². The van der Waals surface area contributed by atoms with E-state index < -0.39 is 0 Å². The first kappa shape index (κ1) is 14.5. The summed E-state index contributed by atoms with van der Waals surface area (Å²) in [5.74, 6) is 0.872. The van der Waals surface area contributed by atoms with Gasteiger partial charge in [-0.3, -0.25) is 4.79 Å². The molecule has 0 bridgehead atoms. The summed E-state index contributed by atoms with van der Waals surface area (Å²) in [7, 11) is 1.47. The summed E-state index contributed by atoms with van der Waals surface area (Å²) in [6, 6.07) is 0.331. The average Bonchev–Trinajstić information content (AvgIpc) is 2.35. The first-order chi connectivity index (χ1) is 8.10. The summed E-state index contributed by atoms with van der Waals surface area (Å²) < 4.78 is 4.88. The molecule has 0 heterocycles. The zero-order chi connectivity index (χ0) is 12.8. The molecule has 0 aromatic rings. The number of hydrogen-bond donors (Lipinski definition) is 1. The van der Waals surface area contributed by atoms with E-state index in [-0.39, 0.29) is 17.9 Å². The third kappa shape index (κ3) is 3.98. The van der Waals surface area contributed by atoms with Crippen molar-refractivity contribution in [1.82, 2.24) is 5.32 Å². The molecule has 1 aliphatic rings. The Bertz CT molecular complexity index is 240. The van der Waals surface area contributed by atoms with Crippen LogP contribution in [0, 0.1) is 11.8 Å². The van der Waals surface area contributed by atoms with Crippen molar-refractivity contribution in [1.29, 1.82) is 0 Å². The van der Waals surface area contributed by atoms with Gasteiger partial charge in [-0.15, -0.1) is 0 Å². The minimum Gasteiger partial charge on any atom is -0.468 e. The fraction of sp³-hybridized carbons (Fsp3) is 0.929. The number of methoxy groups -OCH3 is 1. The molecule has 0 spiro atoms. The Morgan fingerprint density at radius 3 is 2.53 bits per heavy atom. The number of carbonyl (C=O) groups is 1. The lowest BCUT2D eigenvalue weighted by Crippen LogP contribution is -2.50. The molecule has 0 aromatic heterocycles. The van der Waals surface area contributed by atoms with E-state index in [1.165, 1.54) is 39.2 Å². The van der Waals surface area contributed by atoms with Gasteiger partial charge < -0.3 is 10.1 Å². The Labute approximate surface area is 105 Å². The van der Waals surface area contributed by atoms with Crippen LogP contribution in [0.15, 0.2) is 0 Å². The van der Waals surface area contributed by atoms with Gasteiger partial charge >= 0.3 is 5.97 Å². The molecule has 1 aliphatic carbocycles. The Kier molecular flexibility index (Phi) is 5.96. The molecule has 3 unspecified atom stereocenters. The van der Waals surface area contributed by atoms with Gasteiger partial charge in [0.25, 0.3) is 0 Å². The Hall–Kier alpha value is -0.570. The number of nitrogens with one attached hydrogen (secondary N) is 1. The highest BCUT2D eigenvalue weighted by molar-refractivity contribution is 5.75. The number of rotatable bonds is 5. The van der Waals surface area contributed by atoms with Crippen LogP contribution in [0.3, 0.4) is 0 Å². The summed E-state index contributed by atoms with van der Waals surface area (Å²) in [5, 5.41) is 3.53. The largest absolute Gasteiger partial charge is 0.468 e. The van der Waals surface area contributed by atoms with E-state index in [9.17, 15) is 4.79 Å². The van der Waals surface area contributed by atoms with E-state index in [0.29, 0.717) is 6.04 Å². The van der Waals surface area contributed by atoms with Crippen LogP contribution in [0.4, 0.5) is 0 Å². The quantitative estimate of drug-likeness (QED) is 0.752. The Morgan fingerprint density at radius 1 is 1.35 bits per heavy atom. The number of carbonyl (C=O) groups excluding carboxylic acids is 1. The molecule has 0 amide bonds. The summed E-state index contributed by atoms with van der Waals surface area (Å²) in [4.78, 5) is 11.7. The molecular formula is C14H27NO2. The van der Waals surface area contributed by atoms with Gasteiger partial charge in [0, 0.05) is 6.04 Å². The van der Waals surface area contributed by atoms with Crippen molar-refractivity contribution in [3.8, 4) is 0 Å². The topological polar surface area (TPSA) is 38.3 Å². The second-order valence-electron chi connectivity index (χ2n) is 5.47. The molecule has 0 aliphatic heterocycles. The highest BCUT2D eigenvalue weighted by Gasteiger charge is 2.30. The summed E-state index contributed by atoms with van der Waals surface area (Å²) in [6.07, 6.45) is 6.30. The maximum absolute atomic E-state index is 11.7. The van der Waals surface area contributed by atoms with Crippen LogP contribution in [0.25, 0.3) is 0 Å². The van der Waals surface area contributed by atoms with Gasteiger partial charge in [-0.05, 0) is 24.7 Å². The maximum Gasteiger partial charge on any atom is 0.323 e. The first-order valence-corrected chi connectivity index (χ1v) is 6.94. The third-order valence-electron chi connectivity index (χ3n) is 3.95. The van der Waals surface area contributed by atoms with Gasteiger partial charge in [0.1, 0.15) is 6.04 Å². The molecule has 0 saturated heterocycles. The molecule has 3 heteroatoms. The Balaban J connectivity index is 2.61. The predicted octanol–water partition coefficient (Wildman–Crippen LogP) is 2.74. The van der Waals surface area contributed by atoms with Crippen molar-refractivity contribution in [3.05, 3.63) is 0 Å². The molecule has 100 valence electrons. The van der Waals surface area contributed by atoms with Gasteiger partial charge in [-0.25, -0.2) is 0 Å². The fourth-order valence-electron chi connectivity index (χ4n) is 2.81. The zero-order valence-electron chi connectivity index (χ0n) is 11.7. The van der Waals surface area contributed by atoms with Crippen LogP contribution in [0.2, 0.25) is 0 Å². The molecule has 1 N–H and O–H groups in total. The smallest absolute Gasteiger partial charge is 0.323 e. The van der Waals surface area contributed by atoms with Crippen molar-refractivity contribution in [2.75, 3.05) is 7.11 Å². The minimum absolute atomic E-state index is 0.125. The van der Waals surface area contributed by atoms with Crippen molar-refractivity contribution in [2.24, 2.45) is 11.8 Å². The lowest BCUT2D eigenvalue weighted by molar-refractivity contribution is -0.144. The van der Waals surface area contributed by atoms with Crippen LogP contribution in [-0.4, -0.2) is 25.2 Å². The molecule has 17 heavy (non-hydrogen) atoms. The predicted molar refractivity (Wildman–Crippen MR) is 69.8 cm³/mol. The molecule has 3 nitrogen and oxygen atoms in total. The van der Waals surface area contributed by atoms with E-state index in [2.05, 4.69) is 26.1 Å². The molecule has 3 atom stereocenters. The molecule has 0 aromatic carbocycles. The minimum atomic E-state index is -0.155. The highest BCUT2D eigenvalue weighted by atomic mass is 16.5. The first-order valence-electron chi connectivity index (χ1n) is 6.94. The van der Waals surface area contributed by atoms with Crippen molar-refractivity contribution in [3.63, 3.8) is 0 Å². The summed E-state index contributed by atoms with van der Waals surface area (Å²) in [6.45, 7) is 6.38. The zero-order valence-corrected chi connectivity index (χ0v) is 11.7.